The maximum absolute atomic E-state index is 12.2. The van der Waals surface area contributed by atoms with Gasteiger partial charge in [-0.15, -0.1) is 3.77 Å². The summed E-state index contributed by atoms with van der Waals surface area (Å²) in [5.41, 5.74) is 0. The number of hydrogen-bond donors (Lipinski definition) is 0. The Labute approximate surface area is 113 Å². The molecule has 8 heteroatoms. The maximum Gasteiger partial charge on any atom is 0.293 e. The zero-order valence-corrected chi connectivity index (χ0v) is 12.2. The van der Waals surface area contributed by atoms with E-state index in [9.17, 15) is 12.6 Å². The molecule has 0 atom stereocenters. The van der Waals surface area contributed by atoms with Crippen molar-refractivity contribution < 1.29 is 12.6 Å². The molecule has 1 aromatic rings. The van der Waals surface area contributed by atoms with Gasteiger partial charge in [0.25, 0.3) is 10.0 Å². The molecule has 0 N–H and O–H groups in total. The van der Waals surface area contributed by atoms with Gasteiger partial charge < -0.3 is 0 Å². The molecule has 0 bridgehead atoms. The van der Waals surface area contributed by atoms with Crippen molar-refractivity contribution in [3.05, 3.63) is 12.4 Å². The number of sulfonamides is 1. The van der Waals surface area contributed by atoms with Gasteiger partial charge in [0.05, 0.1) is 22.0 Å². The van der Waals surface area contributed by atoms with Crippen LogP contribution in [-0.4, -0.2) is 33.9 Å². The van der Waals surface area contributed by atoms with E-state index in [2.05, 4.69) is 8.87 Å². The number of aromatic nitrogens is 2. The minimum absolute atomic E-state index is 0.0639. The van der Waals surface area contributed by atoms with Crippen LogP contribution in [0.4, 0.5) is 0 Å². The Morgan fingerprint density at radius 2 is 1.95 bits per heavy atom. The molecule has 19 heavy (non-hydrogen) atoms. The van der Waals surface area contributed by atoms with Crippen LogP contribution in [0.1, 0.15) is 38.1 Å². The lowest BCUT2D eigenvalue weighted by molar-refractivity contribution is 0.289. The molecule has 6 nitrogen and oxygen atoms in total. The molecule has 106 valence electrons. The summed E-state index contributed by atoms with van der Waals surface area (Å²) in [6, 6.07) is 0.309. The van der Waals surface area contributed by atoms with Crippen LogP contribution in [-0.2, 0) is 19.8 Å². The highest BCUT2D eigenvalue weighted by Gasteiger charge is 2.26. The van der Waals surface area contributed by atoms with E-state index >= 15 is 0 Å². The third-order valence-electron chi connectivity index (χ3n) is 3.74. The minimum atomic E-state index is -3.83. The van der Waals surface area contributed by atoms with Gasteiger partial charge >= 0.3 is 0 Å². The fourth-order valence-corrected chi connectivity index (χ4v) is 6.67. The van der Waals surface area contributed by atoms with Crippen molar-refractivity contribution in [3.8, 4) is 0 Å². The summed E-state index contributed by atoms with van der Waals surface area (Å²) < 4.78 is 41.8. The summed E-state index contributed by atoms with van der Waals surface area (Å²) in [7, 11) is -6.39. The van der Waals surface area contributed by atoms with E-state index in [1.54, 1.807) is 4.68 Å². The smallest absolute Gasteiger partial charge is 0.268 e. The van der Waals surface area contributed by atoms with E-state index in [-0.39, 0.29) is 4.90 Å². The summed E-state index contributed by atoms with van der Waals surface area (Å²) >= 11 is 0. The quantitative estimate of drug-likeness (QED) is 0.848. The van der Waals surface area contributed by atoms with Gasteiger partial charge in [-0.2, -0.15) is 13.5 Å². The minimum Gasteiger partial charge on any atom is -0.268 e. The monoisotopic (exact) mass is 303 g/mol. The second-order valence-corrected chi connectivity index (χ2v) is 9.56. The van der Waals surface area contributed by atoms with E-state index in [1.165, 1.54) is 12.4 Å². The van der Waals surface area contributed by atoms with Crippen LogP contribution in [0.15, 0.2) is 21.1 Å². The molecule has 0 unspecified atom stereocenters. The third kappa shape index (κ3) is 2.55. The lowest BCUT2D eigenvalue weighted by Crippen LogP contribution is -2.17. The first-order chi connectivity index (χ1) is 8.99. The first-order valence-corrected chi connectivity index (χ1v) is 9.81. The lowest BCUT2D eigenvalue weighted by atomic mass is 9.93. The zero-order chi connectivity index (χ0) is 13.5. The fraction of sp³-hybridized carbons (Fsp3) is 0.727. The fourth-order valence-electron chi connectivity index (χ4n) is 2.36. The predicted molar refractivity (Wildman–Crippen MR) is 71.8 cm³/mol. The highest BCUT2D eigenvalue weighted by Crippen LogP contribution is 2.31. The molecule has 0 radical (unpaired) electrons. The average Bonchev–Trinajstić information content (AvgIpc) is 2.84. The van der Waals surface area contributed by atoms with Crippen LogP contribution in [0, 0.1) is 0 Å². The Morgan fingerprint density at radius 3 is 2.53 bits per heavy atom. The van der Waals surface area contributed by atoms with E-state index in [0.717, 1.165) is 32.1 Å². The van der Waals surface area contributed by atoms with Crippen LogP contribution in [0.5, 0.6) is 0 Å². The summed E-state index contributed by atoms with van der Waals surface area (Å²) in [5, 5.41) is 4.09. The second-order valence-electron chi connectivity index (χ2n) is 5.18. The molecule has 1 aromatic heterocycles. The number of hydrogen-bond acceptors (Lipinski definition) is 4. The molecule has 2 aliphatic rings. The van der Waals surface area contributed by atoms with E-state index in [0.29, 0.717) is 17.5 Å². The molecule has 0 amide bonds. The molecule has 0 aromatic carbocycles. The second kappa shape index (κ2) is 4.59. The number of rotatable bonds is 3. The normalized spacial score (nSPS) is 23.2. The van der Waals surface area contributed by atoms with Gasteiger partial charge in [-0.05, 0) is 32.1 Å². The van der Waals surface area contributed by atoms with Crippen molar-refractivity contribution in [2.75, 3.05) is 11.5 Å². The molecule has 1 saturated heterocycles. The summed E-state index contributed by atoms with van der Waals surface area (Å²) in [6.45, 7) is 0. The van der Waals surface area contributed by atoms with Crippen molar-refractivity contribution in [3.63, 3.8) is 0 Å². The lowest BCUT2D eigenvalue weighted by Gasteiger charge is -2.25. The highest BCUT2D eigenvalue weighted by atomic mass is 32.3. The van der Waals surface area contributed by atoms with E-state index in [4.69, 9.17) is 0 Å². The summed E-state index contributed by atoms with van der Waals surface area (Å²) in [5.74, 6) is 0.784. The Bertz CT molecular complexity index is 683. The van der Waals surface area contributed by atoms with Crippen LogP contribution in [0.2, 0.25) is 0 Å². The summed E-state index contributed by atoms with van der Waals surface area (Å²) in [4.78, 5) is 0.0639. The largest absolute Gasteiger partial charge is 0.293 e. The molecule has 1 saturated carbocycles. The SMILES string of the molecule is O=S(=O)(N=S1(=O)CCCC1)c1cnn(C2CCC2)c1. The maximum atomic E-state index is 12.2. The first-order valence-electron chi connectivity index (χ1n) is 6.52. The van der Waals surface area contributed by atoms with Crippen molar-refractivity contribution >= 4 is 19.8 Å². The van der Waals surface area contributed by atoms with Crippen molar-refractivity contribution in [2.24, 2.45) is 3.77 Å². The van der Waals surface area contributed by atoms with Crippen molar-refractivity contribution in [1.82, 2.24) is 9.78 Å². The van der Waals surface area contributed by atoms with E-state index < -0.39 is 19.8 Å². The Kier molecular flexibility index (Phi) is 3.17. The molecule has 1 aliphatic carbocycles. The van der Waals surface area contributed by atoms with Gasteiger partial charge in [0.15, 0.2) is 0 Å². The Morgan fingerprint density at radius 1 is 1.26 bits per heavy atom. The Balaban J connectivity index is 1.92. The van der Waals surface area contributed by atoms with Crippen LogP contribution in [0.25, 0.3) is 0 Å². The zero-order valence-electron chi connectivity index (χ0n) is 10.6. The van der Waals surface area contributed by atoms with Crippen LogP contribution >= 0.6 is 0 Å². The third-order valence-corrected chi connectivity index (χ3v) is 8.27. The van der Waals surface area contributed by atoms with Crippen LogP contribution < -0.4 is 0 Å². The summed E-state index contributed by atoms with van der Waals surface area (Å²) in [6.07, 6.45) is 7.64. The average molecular weight is 303 g/mol. The topological polar surface area (TPSA) is 81.4 Å². The van der Waals surface area contributed by atoms with Crippen LogP contribution in [0.3, 0.4) is 0 Å². The Hall–Kier alpha value is -0.890. The van der Waals surface area contributed by atoms with Crippen molar-refractivity contribution in [2.45, 2.75) is 43.0 Å². The number of nitrogens with zero attached hydrogens (tertiary/aromatic N) is 3. The van der Waals surface area contributed by atoms with Gasteiger partial charge in [-0.25, -0.2) is 4.21 Å². The predicted octanol–water partition coefficient (Wildman–Crippen LogP) is 1.56. The molecular formula is C11H17N3O3S2. The molecule has 3 rings (SSSR count). The van der Waals surface area contributed by atoms with Gasteiger partial charge in [0.2, 0.25) is 0 Å². The molecular weight excluding hydrogens is 286 g/mol. The molecule has 2 heterocycles. The van der Waals surface area contributed by atoms with Gasteiger partial charge in [0, 0.05) is 17.7 Å². The van der Waals surface area contributed by atoms with Crippen molar-refractivity contribution in [1.29, 1.82) is 0 Å². The molecule has 2 fully saturated rings. The highest BCUT2D eigenvalue weighted by molar-refractivity contribution is 8.03. The standard InChI is InChI=1S/C11H17N3O3S2/c15-18(6-1-2-7-18)13-19(16,17)11-8-12-14(9-11)10-4-3-5-10/h8-10H,1-7H2. The van der Waals surface area contributed by atoms with E-state index in [1.807, 2.05) is 0 Å². The van der Waals surface area contributed by atoms with Gasteiger partial charge in [0.1, 0.15) is 4.90 Å². The molecule has 0 spiro atoms. The first kappa shape index (κ1) is 13.1. The molecule has 1 aliphatic heterocycles. The van der Waals surface area contributed by atoms with Gasteiger partial charge in [-0.1, -0.05) is 0 Å². The van der Waals surface area contributed by atoms with Gasteiger partial charge in [-0.3, -0.25) is 4.68 Å².